The van der Waals surface area contributed by atoms with E-state index in [-0.39, 0.29) is 27.4 Å². The number of nitrogens with zero attached hydrogens (tertiary/aromatic N) is 4. The molecule has 71 heavy (non-hydrogen) atoms. The molecule has 0 saturated carbocycles. The summed E-state index contributed by atoms with van der Waals surface area (Å²) in [6.45, 7) is 26.5. The Kier molecular flexibility index (Phi) is 11.2. The molecule has 0 atom stereocenters. The molecule has 0 spiro atoms. The van der Waals surface area contributed by atoms with E-state index in [4.69, 9.17) is 14.4 Å². The molecule has 0 bridgehead atoms. The van der Waals surface area contributed by atoms with Crippen molar-refractivity contribution in [3.63, 3.8) is 0 Å². The number of imidazole rings is 1. The summed E-state index contributed by atoms with van der Waals surface area (Å²) in [6, 6.07) is 53.3. The molecule has 6 nitrogen and oxygen atoms in total. The maximum absolute atomic E-state index is 12.6. The van der Waals surface area contributed by atoms with Crippen LogP contribution in [0.5, 0.6) is 5.75 Å². The third-order valence-corrected chi connectivity index (χ3v) is 14.0. The number of phenols is 1. The summed E-state index contributed by atoms with van der Waals surface area (Å²) in [5.74, 6) is 0.869. The predicted octanol–water partition coefficient (Wildman–Crippen LogP) is 17.4. The zero-order valence-corrected chi connectivity index (χ0v) is 43.1. The molecule has 10 aromatic rings. The quantitative estimate of drug-likeness (QED) is 0.179. The van der Waals surface area contributed by atoms with Crippen molar-refractivity contribution >= 4 is 33.0 Å². The van der Waals surface area contributed by atoms with E-state index in [1.54, 1.807) is 0 Å². The van der Waals surface area contributed by atoms with Crippen LogP contribution in [0.4, 0.5) is 0 Å². The Morgan fingerprint density at radius 2 is 1.21 bits per heavy atom. The van der Waals surface area contributed by atoms with E-state index < -0.39 is 0 Å². The van der Waals surface area contributed by atoms with Gasteiger partial charge in [-0.25, -0.2) is 4.98 Å². The molecule has 3 heterocycles. The number of para-hydroxylation sites is 1. The molecule has 0 radical (unpaired) electrons. The Hall–Kier alpha value is -7.75. The molecule has 0 aliphatic rings. The average Bonchev–Trinajstić information content (AvgIpc) is 3.91. The molecule has 0 saturated heterocycles. The largest absolute Gasteiger partial charge is 0.507 e. The Labute approximate surface area is 418 Å². The maximum Gasteiger partial charge on any atom is 0.149 e. The molecule has 0 amide bonds. The second-order valence-electron chi connectivity index (χ2n) is 23.3. The summed E-state index contributed by atoms with van der Waals surface area (Å²) >= 11 is 0. The highest BCUT2D eigenvalue weighted by Gasteiger charge is 2.30. The zero-order chi connectivity index (χ0) is 50.4. The molecule has 354 valence electrons. The van der Waals surface area contributed by atoms with Gasteiger partial charge in [0.2, 0.25) is 0 Å². The third kappa shape index (κ3) is 8.58. The Morgan fingerprint density at radius 1 is 0.521 bits per heavy atom. The van der Waals surface area contributed by atoms with Crippen molar-refractivity contribution in [3.8, 4) is 73.5 Å². The monoisotopic (exact) mass is 930 g/mol. The van der Waals surface area contributed by atoms with Gasteiger partial charge in [-0.05, 0) is 127 Å². The van der Waals surface area contributed by atoms with Gasteiger partial charge in [0.1, 0.15) is 22.7 Å². The summed E-state index contributed by atoms with van der Waals surface area (Å²) in [5, 5.41) is 24.4. The van der Waals surface area contributed by atoms with Crippen LogP contribution in [0.1, 0.15) is 111 Å². The fourth-order valence-corrected chi connectivity index (χ4v) is 9.83. The smallest absolute Gasteiger partial charge is 0.149 e. The molecule has 10 rings (SSSR count). The van der Waals surface area contributed by atoms with Crippen LogP contribution in [0.2, 0.25) is 0 Å². The lowest BCUT2D eigenvalue weighted by Gasteiger charge is -2.28. The highest BCUT2D eigenvalue weighted by atomic mass is 16.3. The first kappa shape index (κ1) is 47.0. The first-order valence-corrected chi connectivity index (χ1v) is 24.7. The highest BCUT2D eigenvalue weighted by molar-refractivity contribution is 6.12. The third-order valence-electron chi connectivity index (χ3n) is 14.0. The van der Waals surface area contributed by atoms with Crippen LogP contribution >= 0.6 is 0 Å². The van der Waals surface area contributed by atoms with Crippen molar-refractivity contribution in [3.05, 3.63) is 180 Å². The second kappa shape index (κ2) is 17.0. The summed E-state index contributed by atoms with van der Waals surface area (Å²) in [6.07, 6.45) is 1.87. The lowest BCUT2D eigenvalue weighted by atomic mass is 9.79. The standard InChI is InChI=1S/C65H62N4O2/c1-62(2,3)44-24-22-40(23-25-44)42-29-30-67-54(34-42)51-33-43(32-50-48-27-21-39(38-66)31-57(48)71-60(50)51)47-19-16-20-56-58(47)68-61(52-36-46(64(7,8)9)37-53(59(52)70)65(10,11)12)69(56)55-28-26-45(63(4,5)6)35-49(55)41-17-14-13-15-18-41/h13-37,70H,1-12H3. The Morgan fingerprint density at radius 3 is 1.89 bits per heavy atom. The second-order valence-corrected chi connectivity index (χ2v) is 23.3. The average molecular weight is 931 g/mol. The number of pyridine rings is 1. The first-order valence-electron chi connectivity index (χ1n) is 24.7. The molecule has 6 heteroatoms. The Balaban J connectivity index is 1.29. The molecular formula is C65H62N4O2. The van der Waals surface area contributed by atoms with Crippen molar-refractivity contribution in [1.82, 2.24) is 14.5 Å². The number of hydrogen-bond acceptors (Lipinski definition) is 5. The molecule has 1 N–H and O–H groups in total. The van der Waals surface area contributed by atoms with Crippen LogP contribution in [0.25, 0.3) is 94.7 Å². The van der Waals surface area contributed by atoms with Gasteiger partial charge in [0.15, 0.2) is 0 Å². The predicted molar refractivity (Wildman–Crippen MR) is 295 cm³/mol. The van der Waals surface area contributed by atoms with Crippen LogP contribution in [0.3, 0.4) is 0 Å². The minimum absolute atomic E-state index is 0.0351. The van der Waals surface area contributed by atoms with E-state index in [0.29, 0.717) is 28.1 Å². The van der Waals surface area contributed by atoms with Gasteiger partial charge in [-0.2, -0.15) is 5.26 Å². The number of nitriles is 1. The number of hydrogen-bond donors (Lipinski definition) is 1. The van der Waals surface area contributed by atoms with Crippen molar-refractivity contribution in [2.24, 2.45) is 0 Å². The fourth-order valence-electron chi connectivity index (χ4n) is 9.83. The van der Waals surface area contributed by atoms with Crippen LogP contribution < -0.4 is 0 Å². The van der Waals surface area contributed by atoms with Crippen molar-refractivity contribution < 1.29 is 9.52 Å². The number of aromatic nitrogens is 3. The lowest BCUT2D eigenvalue weighted by molar-refractivity contribution is 0.446. The lowest BCUT2D eigenvalue weighted by Crippen LogP contribution is -2.17. The van der Waals surface area contributed by atoms with Crippen molar-refractivity contribution in [2.45, 2.75) is 105 Å². The van der Waals surface area contributed by atoms with Gasteiger partial charge in [-0.3, -0.25) is 9.55 Å². The Bertz CT molecular complexity index is 3740. The van der Waals surface area contributed by atoms with Crippen LogP contribution in [0.15, 0.2) is 156 Å². The maximum atomic E-state index is 12.6. The van der Waals surface area contributed by atoms with Crippen LogP contribution in [-0.4, -0.2) is 19.6 Å². The van der Waals surface area contributed by atoms with Gasteiger partial charge in [0.25, 0.3) is 0 Å². The van der Waals surface area contributed by atoms with E-state index in [9.17, 15) is 10.4 Å². The molecule has 3 aromatic heterocycles. The normalized spacial score (nSPS) is 12.5. The molecular weight excluding hydrogens is 869 g/mol. The van der Waals surface area contributed by atoms with E-state index in [2.05, 4.69) is 221 Å². The van der Waals surface area contributed by atoms with E-state index in [0.717, 1.165) is 83.3 Å². The van der Waals surface area contributed by atoms with Crippen LogP contribution in [-0.2, 0) is 21.7 Å². The molecule has 0 unspecified atom stereocenters. The molecule has 0 aliphatic carbocycles. The first-order chi connectivity index (χ1) is 33.6. The van der Waals surface area contributed by atoms with Gasteiger partial charge in [-0.1, -0.05) is 162 Å². The minimum Gasteiger partial charge on any atom is -0.507 e. The highest BCUT2D eigenvalue weighted by Crippen LogP contribution is 2.47. The molecule has 0 fully saturated rings. The SMILES string of the molecule is CC(C)(C)c1ccc(-c2ccnc(-c3cc(-c4cccc5c4nc(-c4cc(C(C)(C)C)cc(C(C)(C)C)c4O)n5-c4ccc(C(C)(C)C)cc4-c4ccccc4)cc4c3oc3cc(C#N)ccc34)c2)cc1. The topological polar surface area (TPSA) is 87.9 Å². The fraction of sp³-hybridized carbons (Fsp3) is 0.246. The summed E-state index contributed by atoms with van der Waals surface area (Å²) < 4.78 is 8.99. The number of rotatable bonds is 6. The van der Waals surface area contributed by atoms with Crippen LogP contribution in [0, 0.1) is 11.3 Å². The van der Waals surface area contributed by atoms with E-state index >= 15 is 0 Å². The van der Waals surface area contributed by atoms with E-state index in [1.165, 1.54) is 11.1 Å². The summed E-state index contributed by atoms with van der Waals surface area (Å²) in [7, 11) is 0. The minimum atomic E-state index is -0.361. The van der Waals surface area contributed by atoms with Gasteiger partial charge in [-0.15, -0.1) is 0 Å². The van der Waals surface area contributed by atoms with Crippen molar-refractivity contribution in [2.75, 3.05) is 0 Å². The number of benzene rings is 7. The van der Waals surface area contributed by atoms with Gasteiger partial charge in [0.05, 0.1) is 39.6 Å². The zero-order valence-electron chi connectivity index (χ0n) is 43.1. The van der Waals surface area contributed by atoms with Gasteiger partial charge < -0.3 is 9.52 Å². The summed E-state index contributed by atoms with van der Waals surface area (Å²) in [4.78, 5) is 10.7. The number of aromatic hydroxyl groups is 1. The number of phenolic OH excluding ortho intramolecular Hbond substituents is 1. The number of fused-ring (bicyclic) bond motifs is 4. The van der Waals surface area contributed by atoms with E-state index in [1.807, 2.05) is 24.4 Å². The summed E-state index contributed by atoms with van der Waals surface area (Å²) in [5.41, 5.74) is 16.7. The van der Waals surface area contributed by atoms with Crippen molar-refractivity contribution in [1.29, 1.82) is 5.26 Å². The molecule has 7 aromatic carbocycles. The van der Waals surface area contributed by atoms with Gasteiger partial charge in [0, 0.05) is 39.2 Å². The molecule has 0 aliphatic heterocycles. The number of furan rings is 1. The van der Waals surface area contributed by atoms with Gasteiger partial charge >= 0.3 is 0 Å².